The molecule has 1 aliphatic rings. The SMILES string of the molecule is CCN1CCN([C@H](C)C(=O)c2c(C)[nH]c3ccccc23)CC1. The number of hydrogen-bond acceptors (Lipinski definition) is 3. The standard InChI is InChI=1S/C18H25N3O/c1-4-20-9-11-21(12-10-20)14(3)18(22)17-13(2)19-16-8-6-5-7-15(16)17/h5-8,14,19H,4,9-12H2,1-3H3/t14-/m1/s1. The number of hydrogen-bond donors (Lipinski definition) is 1. The lowest BCUT2D eigenvalue weighted by atomic mass is 10.0. The van der Waals surface area contributed by atoms with E-state index in [4.69, 9.17) is 0 Å². The number of H-pyrrole nitrogens is 1. The molecule has 1 N–H and O–H groups in total. The lowest BCUT2D eigenvalue weighted by Crippen LogP contribution is -2.51. The molecule has 1 aliphatic heterocycles. The van der Waals surface area contributed by atoms with Gasteiger partial charge in [0.1, 0.15) is 0 Å². The molecule has 0 aliphatic carbocycles. The van der Waals surface area contributed by atoms with E-state index in [1.165, 1.54) is 0 Å². The second-order valence-electron chi connectivity index (χ2n) is 6.18. The monoisotopic (exact) mass is 299 g/mol. The van der Waals surface area contributed by atoms with Gasteiger partial charge in [0.25, 0.3) is 0 Å². The molecule has 3 rings (SSSR count). The fourth-order valence-corrected chi connectivity index (χ4v) is 3.44. The number of likely N-dealkylation sites (N-methyl/N-ethyl adjacent to an activating group) is 1. The molecule has 0 bridgehead atoms. The van der Waals surface area contributed by atoms with Crippen molar-refractivity contribution in [1.82, 2.24) is 14.8 Å². The summed E-state index contributed by atoms with van der Waals surface area (Å²) in [6.45, 7) is 11.4. The molecule has 1 atom stereocenters. The Hall–Kier alpha value is -1.65. The third-order valence-corrected chi connectivity index (χ3v) is 4.92. The van der Waals surface area contributed by atoms with Crippen LogP contribution in [0, 0.1) is 6.92 Å². The number of piperazine rings is 1. The Bertz CT molecular complexity index is 668. The van der Waals surface area contributed by atoms with Crippen LogP contribution in [-0.4, -0.2) is 59.3 Å². The number of aromatic nitrogens is 1. The third kappa shape index (κ3) is 2.69. The van der Waals surface area contributed by atoms with E-state index in [9.17, 15) is 4.79 Å². The van der Waals surface area contributed by atoms with Crippen molar-refractivity contribution in [2.75, 3.05) is 32.7 Å². The minimum atomic E-state index is -0.0584. The van der Waals surface area contributed by atoms with Gasteiger partial charge in [0.05, 0.1) is 6.04 Å². The van der Waals surface area contributed by atoms with Gasteiger partial charge in [0.15, 0.2) is 5.78 Å². The van der Waals surface area contributed by atoms with Crippen molar-refractivity contribution in [3.63, 3.8) is 0 Å². The number of nitrogens with zero attached hydrogens (tertiary/aromatic N) is 2. The van der Waals surface area contributed by atoms with Crippen LogP contribution in [0.25, 0.3) is 10.9 Å². The van der Waals surface area contributed by atoms with Crippen molar-refractivity contribution < 1.29 is 4.79 Å². The van der Waals surface area contributed by atoms with Crippen molar-refractivity contribution in [2.24, 2.45) is 0 Å². The molecule has 22 heavy (non-hydrogen) atoms. The van der Waals surface area contributed by atoms with Gasteiger partial charge in [-0.2, -0.15) is 0 Å². The lowest BCUT2D eigenvalue weighted by molar-refractivity contribution is 0.0711. The van der Waals surface area contributed by atoms with E-state index >= 15 is 0 Å². The van der Waals surface area contributed by atoms with Crippen LogP contribution in [0.15, 0.2) is 24.3 Å². The number of aryl methyl sites for hydroxylation is 1. The van der Waals surface area contributed by atoms with E-state index in [-0.39, 0.29) is 11.8 Å². The quantitative estimate of drug-likeness (QED) is 0.882. The van der Waals surface area contributed by atoms with Crippen LogP contribution in [0.3, 0.4) is 0 Å². The molecule has 1 saturated heterocycles. The fraction of sp³-hybridized carbons (Fsp3) is 0.500. The molecule has 0 saturated carbocycles. The van der Waals surface area contributed by atoms with Crippen LogP contribution >= 0.6 is 0 Å². The maximum Gasteiger partial charge on any atom is 0.182 e. The predicted molar refractivity (Wildman–Crippen MR) is 90.5 cm³/mol. The first-order valence-corrected chi connectivity index (χ1v) is 8.19. The molecule has 4 heteroatoms. The summed E-state index contributed by atoms with van der Waals surface area (Å²) in [5, 5.41) is 1.05. The topological polar surface area (TPSA) is 39.3 Å². The minimum Gasteiger partial charge on any atom is -0.358 e. The van der Waals surface area contributed by atoms with Gasteiger partial charge in [-0.1, -0.05) is 25.1 Å². The van der Waals surface area contributed by atoms with Gasteiger partial charge in [0.2, 0.25) is 0 Å². The highest BCUT2D eigenvalue weighted by molar-refractivity contribution is 6.11. The number of aromatic amines is 1. The molecule has 118 valence electrons. The number of Topliss-reactive ketones (excluding diaryl/α,β-unsaturated/α-hetero) is 1. The first kappa shape index (κ1) is 15.3. The number of para-hydroxylation sites is 1. The van der Waals surface area contributed by atoms with Crippen molar-refractivity contribution in [3.8, 4) is 0 Å². The van der Waals surface area contributed by atoms with Gasteiger partial charge in [0, 0.05) is 48.3 Å². The molecule has 1 fully saturated rings. The number of nitrogens with one attached hydrogen (secondary N) is 1. The number of benzene rings is 1. The van der Waals surface area contributed by atoms with Crippen LogP contribution in [0.5, 0.6) is 0 Å². The number of fused-ring (bicyclic) bond motifs is 1. The Morgan fingerprint density at radius 3 is 2.59 bits per heavy atom. The van der Waals surface area contributed by atoms with E-state index in [1.54, 1.807) is 0 Å². The van der Waals surface area contributed by atoms with E-state index in [2.05, 4.69) is 21.7 Å². The Morgan fingerprint density at radius 2 is 1.91 bits per heavy atom. The number of ketones is 1. The van der Waals surface area contributed by atoms with Crippen molar-refractivity contribution in [1.29, 1.82) is 0 Å². The van der Waals surface area contributed by atoms with Gasteiger partial charge in [-0.3, -0.25) is 9.69 Å². The highest BCUT2D eigenvalue weighted by atomic mass is 16.1. The zero-order valence-corrected chi connectivity index (χ0v) is 13.7. The third-order valence-electron chi connectivity index (χ3n) is 4.92. The molecule has 2 heterocycles. The van der Waals surface area contributed by atoms with Crippen LogP contribution in [0.2, 0.25) is 0 Å². The van der Waals surface area contributed by atoms with Gasteiger partial charge in [-0.25, -0.2) is 0 Å². The Kier molecular flexibility index (Phi) is 4.32. The van der Waals surface area contributed by atoms with Gasteiger partial charge >= 0.3 is 0 Å². The molecule has 4 nitrogen and oxygen atoms in total. The zero-order chi connectivity index (χ0) is 15.7. The van der Waals surface area contributed by atoms with Crippen molar-refractivity contribution in [2.45, 2.75) is 26.8 Å². The molecule has 2 aromatic rings. The summed E-state index contributed by atoms with van der Waals surface area (Å²) in [5.74, 6) is 0.236. The second-order valence-corrected chi connectivity index (χ2v) is 6.18. The summed E-state index contributed by atoms with van der Waals surface area (Å²) in [5.41, 5.74) is 2.89. The number of rotatable bonds is 4. The van der Waals surface area contributed by atoms with E-state index in [0.29, 0.717) is 0 Å². The van der Waals surface area contributed by atoms with Crippen LogP contribution in [0.1, 0.15) is 29.9 Å². The Morgan fingerprint density at radius 1 is 1.23 bits per heavy atom. The van der Waals surface area contributed by atoms with Crippen molar-refractivity contribution in [3.05, 3.63) is 35.5 Å². The van der Waals surface area contributed by atoms with Gasteiger partial charge in [-0.05, 0) is 26.5 Å². The first-order chi connectivity index (χ1) is 10.6. The molecule has 0 spiro atoms. The summed E-state index contributed by atoms with van der Waals surface area (Å²) in [6.07, 6.45) is 0. The molecule has 0 amide bonds. The number of carbonyl (C=O) groups excluding carboxylic acids is 1. The van der Waals surface area contributed by atoms with Gasteiger partial charge in [-0.15, -0.1) is 0 Å². The highest BCUT2D eigenvalue weighted by Crippen LogP contribution is 2.24. The number of carbonyl (C=O) groups is 1. The van der Waals surface area contributed by atoms with Crippen molar-refractivity contribution >= 4 is 16.7 Å². The largest absolute Gasteiger partial charge is 0.358 e. The summed E-state index contributed by atoms with van der Waals surface area (Å²) in [4.78, 5) is 21.1. The summed E-state index contributed by atoms with van der Waals surface area (Å²) >= 11 is 0. The fourth-order valence-electron chi connectivity index (χ4n) is 3.44. The molecule has 1 aromatic heterocycles. The first-order valence-electron chi connectivity index (χ1n) is 8.19. The zero-order valence-electron chi connectivity index (χ0n) is 13.7. The van der Waals surface area contributed by atoms with Crippen LogP contribution < -0.4 is 0 Å². The Balaban J connectivity index is 1.82. The lowest BCUT2D eigenvalue weighted by Gasteiger charge is -2.37. The predicted octanol–water partition coefficient (Wildman–Crippen LogP) is 2.69. The molecule has 1 aromatic carbocycles. The van der Waals surface area contributed by atoms with Gasteiger partial charge < -0.3 is 9.88 Å². The molecule has 0 radical (unpaired) electrons. The average Bonchev–Trinajstić information content (AvgIpc) is 2.89. The van der Waals surface area contributed by atoms with Crippen LogP contribution in [0.4, 0.5) is 0 Å². The second kappa shape index (κ2) is 6.23. The average molecular weight is 299 g/mol. The summed E-state index contributed by atoms with van der Waals surface area (Å²) < 4.78 is 0. The van der Waals surface area contributed by atoms with E-state index in [1.807, 2.05) is 38.1 Å². The molecular weight excluding hydrogens is 274 g/mol. The Labute approximate surface area is 132 Å². The smallest absolute Gasteiger partial charge is 0.182 e. The van der Waals surface area contributed by atoms with Crippen LogP contribution in [-0.2, 0) is 0 Å². The molecule has 0 unspecified atom stereocenters. The molecular formula is C18H25N3O. The summed E-state index contributed by atoms with van der Waals surface area (Å²) in [7, 11) is 0. The van der Waals surface area contributed by atoms with E-state index in [0.717, 1.165) is 54.9 Å². The summed E-state index contributed by atoms with van der Waals surface area (Å²) in [6, 6.07) is 8.01. The maximum atomic E-state index is 13.0. The minimum absolute atomic E-state index is 0.0584. The maximum absolute atomic E-state index is 13.0. The normalized spacial score (nSPS) is 18.7. The highest BCUT2D eigenvalue weighted by Gasteiger charge is 2.28. The van der Waals surface area contributed by atoms with E-state index < -0.39 is 0 Å².